The summed E-state index contributed by atoms with van der Waals surface area (Å²) >= 11 is 2.96. The van der Waals surface area contributed by atoms with E-state index in [2.05, 4.69) is 15.3 Å². The van der Waals surface area contributed by atoms with Crippen LogP contribution < -0.4 is 5.32 Å². The molecule has 3 heterocycles. The van der Waals surface area contributed by atoms with Crippen LogP contribution in [0, 0.1) is 19.8 Å². The van der Waals surface area contributed by atoms with Gasteiger partial charge in [-0.25, -0.2) is 9.97 Å². The highest BCUT2D eigenvalue weighted by Gasteiger charge is 2.33. The Balaban J connectivity index is 1.28. The molecular formula is C20H19F3N4OS2. The standard InChI is InChI=1S/C20H19F3N4OS2/c1-11-17(30-12(2)24-11)16-10-29-19(25-16)26-18(28)14-8-27(9-14)7-13-3-5-15(6-4-13)20(21,22)23/h3-6,10,14H,7-9H2,1-2H3,(H,25,26,28). The predicted octanol–water partition coefficient (Wildman–Crippen LogP) is 4.97. The summed E-state index contributed by atoms with van der Waals surface area (Å²) in [4.78, 5) is 24.4. The van der Waals surface area contributed by atoms with Gasteiger partial charge in [0.05, 0.1) is 32.8 Å². The molecule has 0 saturated carbocycles. The summed E-state index contributed by atoms with van der Waals surface area (Å²) in [5.74, 6) is -0.240. The molecule has 30 heavy (non-hydrogen) atoms. The van der Waals surface area contributed by atoms with E-state index in [0.29, 0.717) is 24.8 Å². The van der Waals surface area contributed by atoms with E-state index in [4.69, 9.17) is 0 Å². The van der Waals surface area contributed by atoms with Crippen molar-refractivity contribution in [2.45, 2.75) is 26.6 Å². The van der Waals surface area contributed by atoms with Gasteiger partial charge in [0.1, 0.15) is 0 Å². The maximum Gasteiger partial charge on any atom is 0.416 e. The molecule has 0 bridgehead atoms. The first-order chi connectivity index (χ1) is 14.2. The number of aryl methyl sites for hydroxylation is 2. The third kappa shape index (κ3) is 4.55. The summed E-state index contributed by atoms with van der Waals surface area (Å²) in [6.45, 7) is 5.54. The molecule has 0 radical (unpaired) electrons. The van der Waals surface area contributed by atoms with Crippen LogP contribution in [0.1, 0.15) is 21.8 Å². The Morgan fingerprint density at radius 2 is 1.90 bits per heavy atom. The minimum Gasteiger partial charge on any atom is -0.302 e. The Kier molecular flexibility index (Phi) is 5.65. The van der Waals surface area contributed by atoms with Crippen molar-refractivity contribution in [3.63, 3.8) is 0 Å². The van der Waals surface area contributed by atoms with Gasteiger partial charge < -0.3 is 5.32 Å². The predicted molar refractivity (Wildman–Crippen MR) is 112 cm³/mol. The second kappa shape index (κ2) is 8.09. The summed E-state index contributed by atoms with van der Waals surface area (Å²) in [5.41, 5.74) is 1.88. The van der Waals surface area contributed by atoms with E-state index in [-0.39, 0.29) is 11.8 Å². The molecule has 1 aromatic carbocycles. The molecule has 1 amide bonds. The van der Waals surface area contributed by atoms with Crippen LogP contribution in [0.4, 0.5) is 18.3 Å². The number of likely N-dealkylation sites (tertiary alicyclic amines) is 1. The van der Waals surface area contributed by atoms with Gasteiger partial charge in [-0.1, -0.05) is 12.1 Å². The summed E-state index contributed by atoms with van der Waals surface area (Å²) in [6, 6.07) is 5.14. The van der Waals surface area contributed by atoms with E-state index in [1.54, 1.807) is 11.3 Å². The number of aromatic nitrogens is 2. The lowest BCUT2D eigenvalue weighted by Crippen LogP contribution is -2.51. The normalized spacial score (nSPS) is 15.2. The number of halogens is 3. The molecule has 1 aliphatic rings. The highest BCUT2D eigenvalue weighted by molar-refractivity contribution is 7.16. The van der Waals surface area contributed by atoms with Gasteiger partial charge in [0.2, 0.25) is 5.91 Å². The van der Waals surface area contributed by atoms with Gasteiger partial charge in [-0.05, 0) is 31.5 Å². The number of carbonyl (C=O) groups excluding carboxylic acids is 1. The van der Waals surface area contributed by atoms with Crippen LogP contribution >= 0.6 is 22.7 Å². The summed E-state index contributed by atoms with van der Waals surface area (Å²) in [6.07, 6.45) is -4.33. The smallest absolute Gasteiger partial charge is 0.302 e. The topological polar surface area (TPSA) is 58.1 Å². The number of thiazole rings is 2. The van der Waals surface area contributed by atoms with Crippen LogP contribution in [0.5, 0.6) is 0 Å². The van der Waals surface area contributed by atoms with E-state index in [9.17, 15) is 18.0 Å². The molecule has 3 aromatic rings. The molecule has 158 valence electrons. The number of rotatable bonds is 5. The molecule has 0 unspecified atom stereocenters. The van der Waals surface area contributed by atoms with Crippen LogP contribution in [0.25, 0.3) is 10.6 Å². The van der Waals surface area contributed by atoms with E-state index >= 15 is 0 Å². The lowest BCUT2D eigenvalue weighted by atomic mass is 9.98. The minimum absolute atomic E-state index is 0.0863. The van der Waals surface area contributed by atoms with E-state index in [1.807, 2.05) is 24.1 Å². The Hall–Kier alpha value is -2.30. The Bertz CT molecular complexity index is 1050. The number of benzene rings is 1. The second-order valence-electron chi connectivity index (χ2n) is 7.26. The van der Waals surface area contributed by atoms with Gasteiger partial charge in [0, 0.05) is 25.0 Å². The number of nitrogens with one attached hydrogen (secondary N) is 1. The molecule has 2 aromatic heterocycles. The van der Waals surface area contributed by atoms with Crippen LogP contribution in [0.2, 0.25) is 0 Å². The summed E-state index contributed by atoms with van der Waals surface area (Å²) in [5, 5.41) is 6.31. The lowest BCUT2D eigenvalue weighted by molar-refractivity contribution is -0.137. The van der Waals surface area contributed by atoms with Gasteiger partial charge in [0.25, 0.3) is 0 Å². The van der Waals surface area contributed by atoms with Crippen molar-refractivity contribution < 1.29 is 18.0 Å². The number of anilines is 1. The first-order valence-corrected chi connectivity index (χ1v) is 11.0. The first-order valence-electron chi connectivity index (χ1n) is 9.28. The average molecular weight is 453 g/mol. The number of amides is 1. The zero-order valence-corrected chi connectivity index (χ0v) is 17.9. The van der Waals surface area contributed by atoms with Crippen LogP contribution in [-0.2, 0) is 17.5 Å². The largest absolute Gasteiger partial charge is 0.416 e. The number of hydrogen-bond donors (Lipinski definition) is 1. The average Bonchev–Trinajstić information content (AvgIpc) is 3.22. The maximum atomic E-state index is 12.6. The zero-order valence-electron chi connectivity index (χ0n) is 16.3. The van der Waals surface area contributed by atoms with Crippen molar-refractivity contribution in [2.75, 3.05) is 18.4 Å². The van der Waals surface area contributed by atoms with Crippen molar-refractivity contribution in [3.8, 4) is 10.6 Å². The molecule has 4 rings (SSSR count). The molecule has 10 heteroatoms. The fourth-order valence-corrected chi connectivity index (χ4v) is 4.99. The van der Waals surface area contributed by atoms with Gasteiger partial charge in [-0.2, -0.15) is 13.2 Å². The van der Waals surface area contributed by atoms with Crippen molar-refractivity contribution >= 4 is 33.7 Å². The number of hydrogen-bond acceptors (Lipinski definition) is 6. The molecule has 1 saturated heterocycles. The molecule has 1 aliphatic heterocycles. The maximum absolute atomic E-state index is 12.6. The van der Waals surface area contributed by atoms with Crippen molar-refractivity contribution in [1.82, 2.24) is 14.9 Å². The minimum atomic E-state index is -4.33. The highest BCUT2D eigenvalue weighted by atomic mass is 32.1. The molecule has 0 spiro atoms. The third-order valence-corrected chi connectivity index (χ3v) is 6.74. The van der Waals surface area contributed by atoms with Crippen LogP contribution in [0.3, 0.4) is 0 Å². The van der Waals surface area contributed by atoms with E-state index < -0.39 is 11.7 Å². The lowest BCUT2D eigenvalue weighted by Gasteiger charge is -2.38. The third-order valence-electron chi connectivity index (χ3n) is 4.89. The number of alkyl halides is 3. The Morgan fingerprint density at radius 3 is 2.50 bits per heavy atom. The highest BCUT2D eigenvalue weighted by Crippen LogP contribution is 2.33. The monoisotopic (exact) mass is 452 g/mol. The van der Waals surface area contributed by atoms with Gasteiger partial charge in [-0.3, -0.25) is 9.69 Å². The van der Waals surface area contributed by atoms with Crippen molar-refractivity contribution in [1.29, 1.82) is 0 Å². The van der Waals surface area contributed by atoms with Crippen molar-refractivity contribution in [3.05, 3.63) is 51.5 Å². The molecule has 0 aliphatic carbocycles. The van der Waals surface area contributed by atoms with Gasteiger partial charge in [-0.15, -0.1) is 22.7 Å². The molecule has 0 atom stereocenters. The first kappa shape index (κ1) is 21.0. The SMILES string of the molecule is Cc1nc(C)c(-c2csc(NC(=O)C3CN(Cc4ccc(C(F)(F)F)cc4)C3)n2)s1. The van der Waals surface area contributed by atoms with Gasteiger partial charge >= 0.3 is 6.18 Å². The van der Waals surface area contributed by atoms with Crippen LogP contribution in [-0.4, -0.2) is 33.9 Å². The molecule has 1 N–H and O–H groups in total. The number of carbonyl (C=O) groups is 1. The van der Waals surface area contributed by atoms with Gasteiger partial charge in [0.15, 0.2) is 5.13 Å². The zero-order chi connectivity index (χ0) is 21.5. The Morgan fingerprint density at radius 1 is 1.20 bits per heavy atom. The summed E-state index contributed by atoms with van der Waals surface area (Å²) in [7, 11) is 0. The van der Waals surface area contributed by atoms with E-state index in [0.717, 1.165) is 39.0 Å². The Labute approximate surface area is 179 Å². The fourth-order valence-electron chi connectivity index (χ4n) is 3.33. The molecule has 5 nitrogen and oxygen atoms in total. The molecular weight excluding hydrogens is 433 g/mol. The summed E-state index contributed by atoms with van der Waals surface area (Å²) < 4.78 is 37.9. The number of nitrogens with zero attached hydrogens (tertiary/aromatic N) is 3. The fraction of sp³-hybridized carbons (Fsp3) is 0.350. The second-order valence-corrected chi connectivity index (χ2v) is 9.32. The van der Waals surface area contributed by atoms with E-state index in [1.165, 1.54) is 23.5 Å². The van der Waals surface area contributed by atoms with Crippen LogP contribution in [0.15, 0.2) is 29.6 Å². The molecule has 1 fully saturated rings. The van der Waals surface area contributed by atoms with Crippen molar-refractivity contribution in [2.24, 2.45) is 5.92 Å². The quantitative estimate of drug-likeness (QED) is 0.594.